The van der Waals surface area contributed by atoms with E-state index in [1.54, 1.807) is 12.0 Å². The number of nitrogens with zero attached hydrogens (tertiary/aromatic N) is 2. The molecule has 2 amide bonds. The SMILES string of the molecule is CCCCN(C(=O)[C@H]1CC(=O)N([C@@H](C)COC)C1)c1ccccc1. The van der Waals surface area contributed by atoms with Crippen LogP contribution in [-0.2, 0) is 14.3 Å². The summed E-state index contributed by atoms with van der Waals surface area (Å²) < 4.78 is 5.14. The molecule has 2 atom stereocenters. The van der Waals surface area contributed by atoms with Crippen molar-refractivity contribution in [1.29, 1.82) is 0 Å². The third-order valence-corrected chi connectivity index (χ3v) is 4.52. The molecule has 1 aliphatic heterocycles. The van der Waals surface area contributed by atoms with Crippen molar-refractivity contribution in [3.63, 3.8) is 0 Å². The molecule has 0 aliphatic carbocycles. The Labute approximate surface area is 144 Å². The molecule has 24 heavy (non-hydrogen) atoms. The third-order valence-electron chi connectivity index (χ3n) is 4.52. The largest absolute Gasteiger partial charge is 0.383 e. The number of methoxy groups -OCH3 is 1. The van der Waals surface area contributed by atoms with E-state index in [9.17, 15) is 9.59 Å². The summed E-state index contributed by atoms with van der Waals surface area (Å²) in [5.74, 6) is -0.176. The van der Waals surface area contributed by atoms with Gasteiger partial charge in [0.15, 0.2) is 0 Å². The molecule has 1 aromatic carbocycles. The number of hydrogen-bond donors (Lipinski definition) is 0. The number of ether oxygens (including phenoxy) is 1. The molecular weight excluding hydrogens is 304 g/mol. The Morgan fingerprint density at radius 2 is 2.08 bits per heavy atom. The Bertz CT molecular complexity index is 547. The van der Waals surface area contributed by atoms with Gasteiger partial charge in [0.25, 0.3) is 0 Å². The zero-order valence-corrected chi connectivity index (χ0v) is 14.9. The van der Waals surface area contributed by atoms with E-state index in [1.165, 1.54) is 0 Å². The van der Waals surface area contributed by atoms with Crippen LogP contribution in [0.25, 0.3) is 0 Å². The van der Waals surface area contributed by atoms with Crippen LogP contribution < -0.4 is 4.90 Å². The average Bonchev–Trinajstić information content (AvgIpc) is 2.98. The van der Waals surface area contributed by atoms with Gasteiger partial charge in [-0.3, -0.25) is 9.59 Å². The lowest BCUT2D eigenvalue weighted by molar-refractivity contribution is -0.130. The number of carbonyl (C=O) groups is 2. The highest BCUT2D eigenvalue weighted by molar-refractivity contribution is 5.99. The Kier molecular flexibility index (Phi) is 6.79. The summed E-state index contributed by atoms with van der Waals surface area (Å²) in [5.41, 5.74) is 0.909. The normalized spacial score (nSPS) is 18.7. The van der Waals surface area contributed by atoms with E-state index < -0.39 is 0 Å². The van der Waals surface area contributed by atoms with E-state index in [-0.39, 0.29) is 23.8 Å². The van der Waals surface area contributed by atoms with Gasteiger partial charge < -0.3 is 14.5 Å². The lowest BCUT2D eigenvalue weighted by atomic mass is 10.1. The van der Waals surface area contributed by atoms with Crippen LogP contribution in [0.2, 0.25) is 0 Å². The molecule has 5 nitrogen and oxygen atoms in total. The number of carbonyl (C=O) groups excluding carboxylic acids is 2. The van der Waals surface area contributed by atoms with Crippen LogP contribution in [0.15, 0.2) is 30.3 Å². The Balaban J connectivity index is 2.11. The van der Waals surface area contributed by atoms with Crippen molar-refractivity contribution in [1.82, 2.24) is 4.90 Å². The van der Waals surface area contributed by atoms with E-state index in [2.05, 4.69) is 6.92 Å². The fraction of sp³-hybridized carbons (Fsp3) is 0.579. The molecule has 5 heteroatoms. The van der Waals surface area contributed by atoms with E-state index in [1.807, 2.05) is 42.2 Å². The highest BCUT2D eigenvalue weighted by Gasteiger charge is 2.38. The van der Waals surface area contributed by atoms with Gasteiger partial charge in [-0.05, 0) is 25.5 Å². The first-order valence-electron chi connectivity index (χ1n) is 8.73. The minimum absolute atomic E-state index is 0.00103. The maximum Gasteiger partial charge on any atom is 0.232 e. The van der Waals surface area contributed by atoms with Crippen LogP contribution in [-0.4, -0.2) is 49.6 Å². The summed E-state index contributed by atoms with van der Waals surface area (Å²) in [6.07, 6.45) is 2.27. The van der Waals surface area contributed by atoms with Crippen LogP contribution in [0, 0.1) is 5.92 Å². The molecule has 0 spiro atoms. The summed E-state index contributed by atoms with van der Waals surface area (Å²) in [6.45, 7) is 5.74. The van der Waals surface area contributed by atoms with Gasteiger partial charge in [-0.1, -0.05) is 31.5 Å². The molecule has 1 aliphatic rings. The van der Waals surface area contributed by atoms with Crippen LogP contribution in [0.1, 0.15) is 33.1 Å². The second kappa shape index (κ2) is 8.83. The quantitative estimate of drug-likeness (QED) is 0.735. The maximum absolute atomic E-state index is 13.0. The number of rotatable bonds is 8. The minimum Gasteiger partial charge on any atom is -0.383 e. The van der Waals surface area contributed by atoms with Gasteiger partial charge in [-0.2, -0.15) is 0 Å². The summed E-state index contributed by atoms with van der Waals surface area (Å²) >= 11 is 0. The van der Waals surface area contributed by atoms with Gasteiger partial charge in [0.1, 0.15) is 0 Å². The zero-order valence-electron chi connectivity index (χ0n) is 14.9. The van der Waals surface area contributed by atoms with Crippen LogP contribution >= 0.6 is 0 Å². The molecule has 1 fully saturated rings. The maximum atomic E-state index is 13.0. The van der Waals surface area contributed by atoms with Gasteiger partial charge >= 0.3 is 0 Å². The smallest absolute Gasteiger partial charge is 0.232 e. The van der Waals surface area contributed by atoms with Crippen molar-refractivity contribution >= 4 is 17.5 Å². The van der Waals surface area contributed by atoms with E-state index in [0.29, 0.717) is 26.1 Å². The van der Waals surface area contributed by atoms with E-state index >= 15 is 0 Å². The predicted octanol–water partition coefficient (Wildman–Crippen LogP) is 2.70. The first-order chi connectivity index (χ1) is 11.6. The molecule has 0 N–H and O–H groups in total. The molecule has 0 saturated carbocycles. The summed E-state index contributed by atoms with van der Waals surface area (Å²) in [6, 6.07) is 9.73. The third kappa shape index (κ3) is 4.35. The van der Waals surface area contributed by atoms with E-state index in [0.717, 1.165) is 18.5 Å². The Morgan fingerprint density at radius 1 is 1.38 bits per heavy atom. The highest BCUT2D eigenvalue weighted by Crippen LogP contribution is 2.25. The fourth-order valence-electron chi connectivity index (χ4n) is 3.17. The second-order valence-corrected chi connectivity index (χ2v) is 6.43. The van der Waals surface area contributed by atoms with Gasteiger partial charge in [-0.15, -0.1) is 0 Å². The Hall–Kier alpha value is -1.88. The van der Waals surface area contributed by atoms with Crippen LogP contribution in [0.5, 0.6) is 0 Å². The number of amides is 2. The molecule has 2 rings (SSSR count). The Morgan fingerprint density at radius 3 is 2.71 bits per heavy atom. The number of likely N-dealkylation sites (tertiary alicyclic amines) is 1. The molecule has 132 valence electrons. The molecule has 1 aromatic rings. The first-order valence-corrected chi connectivity index (χ1v) is 8.73. The van der Waals surface area contributed by atoms with Crippen molar-refractivity contribution in [2.45, 2.75) is 39.2 Å². The fourth-order valence-corrected chi connectivity index (χ4v) is 3.17. The van der Waals surface area contributed by atoms with Crippen LogP contribution in [0.3, 0.4) is 0 Å². The van der Waals surface area contributed by atoms with E-state index in [4.69, 9.17) is 4.74 Å². The monoisotopic (exact) mass is 332 g/mol. The van der Waals surface area contributed by atoms with Gasteiger partial charge in [0, 0.05) is 32.3 Å². The minimum atomic E-state index is -0.270. The molecule has 0 unspecified atom stereocenters. The van der Waals surface area contributed by atoms with Crippen LogP contribution in [0.4, 0.5) is 5.69 Å². The summed E-state index contributed by atoms with van der Waals surface area (Å²) in [4.78, 5) is 28.9. The number of benzene rings is 1. The van der Waals surface area contributed by atoms with Crippen molar-refractivity contribution in [3.8, 4) is 0 Å². The molecular formula is C19H28N2O3. The molecule has 0 bridgehead atoms. The lowest BCUT2D eigenvalue weighted by Gasteiger charge is -2.27. The standard InChI is InChI=1S/C19H28N2O3/c1-4-5-11-20(17-9-7-6-8-10-17)19(23)16-12-18(22)21(13-16)15(2)14-24-3/h6-10,15-16H,4-5,11-14H2,1-3H3/t15-,16-/m0/s1. The number of anilines is 1. The first kappa shape index (κ1) is 18.5. The lowest BCUT2D eigenvalue weighted by Crippen LogP contribution is -2.40. The molecule has 1 saturated heterocycles. The average molecular weight is 332 g/mol. The van der Waals surface area contributed by atoms with Crippen molar-refractivity contribution < 1.29 is 14.3 Å². The predicted molar refractivity (Wildman–Crippen MR) is 94.9 cm³/mol. The summed E-state index contributed by atoms with van der Waals surface area (Å²) in [5, 5.41) is 0. The zero-order chi connectivity index (χ0) is 17.5. The molecule has 0 radical (unpaired) electrons. The highest BCUT2D eigenvalue weighted by atomic mass is 16.5. The van der Waals surface area contributed by atoms with Gasteiger partial charge in [0.2, 0.25) is 11.8 Å². The van der Waals surface area contributed by atoms with Crippen molar-refractivity contribution in [2.24, 2.45) is 5.92 Å². The summed E-state index contributed by atoms with van der Waals surface area (Å²) in [7, 11) is 1.63. The molecule has 0 aromatic heterocycles. The van der Waals surface area contributed by atoms with Gasteiger partial charge in [0.05, 0.1) is 18.6 Å². The number of hydrogen-bond acceptors (Lipinski definition) is 3. The number of unbranched alkanes of at least 4 members (excludes halogenated alkanes) is 1. The van der Waals surface area contributed by atoms with Gasteiger partial charge in [-0.25, -0.2) is 0 Å². The van der Waals surface area contributed by atoms with Crippen molar-refractivity contribution in [2.75, 3.05) is 31.7 Å². The topological polar surface area (TPSA) is 49.9 Å². The second-order valence-electron chi connectivity index (χ2n) is 6.43. The van der Waals surface area contributed by atoms with Crippen molar-refractivity contribution in [3.05, 3.63) is 30.3 Å². The molecule has 1 heterocycles. The number of para-hydroxylation sites is 1.